The Balaban J connectivity index is 1.68. The molecular formula is C23H23N3O4. The summed E-state index contributed by atoms with van der Waals surface area (Å²) in [6.07, 6.45) is 3.10. The number of benzene rings is 2. The Morgan fingerprint density at radius 1 is 1.10 bits per heavy atom. The fraction of sp³-hybridized carbons (Fsp3) is 0.304. The normalized spacial score (nSPS) is 14.4. The highest BCUT2D eigenvalue weighted by atomic mass is 16.6. The first-order valence-corrected chi connectivity index (χ1v) is 10.2. The first-order valence-electron chi connectivity index (χ1n) is 10.2. The van der Waals surface area contributed by atoms with Crippen LogP contribution in [-0.2, 0) is 17.7 Å². The molecule has 0 unspecified atom stereocenters. The summed E-state index contributed by atoms with van der Waals surface area (Å²) in [5.41, 5.74) is 2.44. The topological polar surface area (TPSA) is 87.3 Å². The molecule has 0 radical (unpaired) electrons. The average Bonchev–Trinajstić information content (AvgIpc) is 2.95. The molecule has 0 aliphatic carbocycles. The van der Waals surface area contributed by atoms with Gasteiger partial charge in [0.15, 0.2) is 5.69 Å². The SMILES string of the molecule is C[C@@H](OC(=O)c1nc(-c2ccccc2)n2c1CCCCC2)c1ccccc1[N+](=O)[O-]. The molecular weight excluding hydrogens is 382 g/mol. The number of imidazole rings is 1. The second kappa shape index (κ2) is 8.49. The third-order valence-corrected chi connectivity index (χ3v) is 5.45. The number of carbonyl (C=O) groups is 1. The van der Waals surface area contributed by atoms with Crippen molar-refractivity contribution in [3.63, 3.8) is 0 Å². The number of nitro groups is 1. The number of ether oxygens (including phenoxy) is 1. The van der Waals surface area contributed by atoms with Gasteiger partial charge in [-0.2, -0.15) is 0 Å². The summed E-state index contributed by atoms with van der Waals surface area (Å²) in [7, 11) is 0. The lowest BCUT2D eigenvalue weighted by molar-refractivity contribution is -0.386. The molecule has 0 amide bonds. The van der Waals surface area contributed by atoms with Crippen molar-refractivity contribution >= 4 is 11.7 Å². The van der Waals surface area contributed by atoms with E-state index in [1.165, 1.54) is 6.07 Å². The molecule has 1 aliphatic rings. The minimum Gasteiger partial charge on any atom is -0.453 e. The van der Waals surface area contributed by atoms with Gasteiger partial charge in [0.2, 0.25) is 0 Å². The number of carbonyl (C=O) groups excluding carboxylic acids is 1. The van der Waals surface area contributed by atoms with Crippen molar-refractivity contribution in [2.75, 3.05) is 0 Å². The summed E-state index contributed by atoms with van der Waals surface area (Å²) in [6.45, 7) is 2.45. The van der Waals surface area contributed by atoms with E-state index in [2.05, 4.69) is 9.55 Å². The highest BCUT2D eigenvalue weighted by Gasteiger charge is 2.28. The number of nitro benzene ring substituents is 1. The van der Waals surface area contributed by atoms with Crippen LogP contribution in [0.25, 0.3) is 11.4 Å². The molecule has 154 valence electrons. The highest BCUT2D eigenvalue weighted by molar-refractivity contribution is 5.90. The van der Waals surface area contributed by atoms with Gasteiger partial charge >= 0.3 is 5.97 Å². The van der Waals surface area contributed by atoms with Gasteiger partial charge in [0, 0.05) is 18.2 Å². The van der Waals surface area contributed by atoms with E-state index < -0.39 is 17.0 Å². The van der Waals surface area contributed by atoms with Crippen LogP contribution >= 0.6 is 0 Å². The smallest absolute Gasteiger partial charge is 0.359 e. The van der Waals surface area contributed by atoms with Crippen LogP contribution in [0.5, 0.6) is 0 Å². The van der Waals surface area contributed by atoms with Crippen LogP contribution in [-0.4, -0.2) is 20.4 Å². The summed E-state index contributed by atoms with van der Waals surface area (Å²) in [5.74, 6) is 0.214. The van der Waals surface area contributed by atoms with Gasteiger partial charge in [0.1, 0.15) is 11.9 Å². The van der Waals surface area contributed by atoms with E-state index in [4.69, 9.17) is 4.74 Å². The zero-order chi connectivity index (χ0) is 21.1. The van der Waals surface area contributed by atoms with Crippen molar-refractivity contribution in [1.82, 2.24) is 9.55 Å². The first-order chi connectivity index (χ1) is 14.6. The van der Waals surface area contributed by atoms with Crippen molar-refractivity contribution in [1.29, 1.82) is 0 Å². The van der Waals surface area contributed by atoms with Crippen LogP contribution < -0.4 is 0 Å². The summed E-state index contributed by atoms with van der Waals surface area (Å²) >= 11 is 0. The summed E-state index contributed by atoms with van der Waals surface area (Å²) in [6, 6.07) is 16.1. The molecule has 0 saturated heterocycles. The lowest BCUT2D eigenvalue weighted by Crippen LogP contribution is -2.13. The third-order valence-electron chi connectivity index (χ3n) is 5.45. The fourth-order valence-corrected chi connectivity index (χ4v) is 3.97. The summed E-state index contributed by atoms with van der Waals surface area (Å²) in [4.78, 5) is 28.6. The van der Waals surface area contributed by atoms with Crippen LogP contribution in [0, 0.1) is 10.1 Å². The molecule has 7 heteroatoms. The van der Waals surface area contributed by atoms with Crippen LogP contribution in [0.4, 0.5) is 5.69 Å². The Morgan fingerprint density at radius 2 is 1.83 bits per heavy atom. The third kappa shape index (κ3) is 3.83. The van der Waals surface area contributed by atoms with Crippen molar-refractivity contribution in [3.8, 4) is 11.4 Å². The van der Waals surface area contributed by atoms with Gasteiger partial charge in [-0.1, -0.05) is 48.9 Å². The van der Waals surface area contributed by atoms with Crippen LogP contribution in [0.15, 0.2) is 54.6 Å². The van der Waals surface area contributed by atoms with Crippen LogP contribution in [0.1, 0.15) is 54.0 Å². The zero-order valence-electron chi connectivity index (χ0n) is 16.8. The number of esters is 1. The minimum atomic E-state index is -0.762. The lowest BCUT2D eigenvalue weighted by Gasteiger charge is -2.13. The zero-order valence-corrected chi connectivity index (χ0v) is 16.8. The van der Waals surface area contributed by atoms with Gasteiger partial charge in [-0.25, -0.2) is 9.78 Å². The van der Waals surface area contributed by atoms with Crippen molar-refractivity contribution < 1.29 is 14.5 Å². The molecule has 0 fully saturated rings. The molecule has 0 saturated carbocycles. The fourth-order valence-electron chi connectivity index (χ4n) is 3.97. The largest absolute Gasteiger partial charge is 0.453 e. The van der Waals surface area contributed by atoms with E-state index in [1.54, 1.807) is 25.1 Å². The van der Waals surface area contributed by atoms with Gasteiger partial charge in [0.05, 0.1) is 16.2 Å². The number of hydrogen-bond acceptors (Lipinski definition) is 5. The van der Waals surface area contributed by atoms with Crippen molar-refractivity contribution in [2.24, 2.45) is 0 Å². The van der Waals surface area contributed by atoms with Crippen molar-refractivity contribution in [3.05, 3.63) is 81.7 Å². The van der Waals surface area contributed by atoms with E-state index in [9.17, 15) is 14.9 Å². The Morgan fingerprint density at radius 3 is 2.60 bits per heavy atom. The molecule has 30 heavy (non-hydrogen) atoms. The quantitative estimate of drug-likeness (QED) is 0.335. The molecule has 7 nitrogen and oxygen atoms in total. The minimum absolute atomic E-state index is 0.0635. The summed E-state index contributed by atoms with van der Waals surface area (Å²) < 4.78 is 7.77. The molecule has 0 spiro atoms. The van der Waals surface area contributed by atoms with E-state index in [0.29, 0.717) is 11.3 Å². The molecule has 3 aromatic rings. The molecule has 2 aromatic carbocycles. The Kier molecular flexibility index (Phi) is 5.61. The molecule has 1 aliphatic heterocycles. The van der Waals surface area contributed by atoms with Gasteiger partial charge in [-0.05, 0) is 32.3 Å². The second-order valence-corrected chi connectivity index (χ2v) is 7.42. The van der Waals surface area contributed by atoms with E-state index >= 15 is 0 Å². The van der Waals surface area contributed by atoms with E-state index in [0.717, 1.165) is 49.3 Å². The second-order valence-electron chi connectivity index (χ2n) is 7.42. The van der Waals surface area contributed by atoms with Crippen molar-refractivity contribution in [2.45, 2.75) is 45.3 Å². The van der Waals surface area contributed by atoms with E-state index in [-0.39, 0.29) is 5.69 Å². The predicted molar refractivity (Wildman–Crippen MR) is 112 cm³/mol. The summed E-state index contributed by atoms with van der Waals surface area (Å²) in [5, 5.41) is 11.3. The number of nitrogens with zero attached hydrogens (tertiary/aromatic N) is 3. The number of hydrogen-bond donors (Lipinski definition) is 0. The Bertz CT molecular complexity index is 1080. The maximum absolute atomic E-state index is 13.1. The number of fused-ring (bicyclic) bond motifs is 1. The number of aromatic nitrogens is 2. The number of para-hydroxylation sites is 1. The maximum Gasteiger partial charge on any atom is 0.359 e. The Labute approximate surface area is 174 Å². The molecule has 0 N–H and O–H groups in total. The highest BCUT2D eigenvalue weighted by Crippen LogP contribution is 2.31. The van der Waals surface area contributed by atoms with Gasteiger partial charge in [-0.15, -0.1) is 0 Å². The molecule has 0 bridgehead atoms. The Hall–Kier alpha value is -3.48. The van der Waals surface area contributed by atoms with E-state index in [1.807, 2.05) is 30.3 Å². The van der Waals surface area contributed by atoms with Gasteiger partial charge < -0.3 is 9.30 Å². The molecule has 2 heterocycles. The van der Waals surface area contributed by atoms with Gasteiger partial charge in [-0.3, -0.25) is 10.1 Å². The molecule has 4 rings (SSSR count). The lowest BCUT2D eigenvalue weighted by atomic mass is 10.1. The molecule has 1 aromatic heterocycles. The predicted octanol–water partition coefficient (Wildman–Crippen LogP) is 5.10. The molecule has 1 atom stereocenters. The number of rotatable bonds is 5. The monoisotopic (exact) mass is 405 g/mol. The first kappa shape index (κ1) is 19.8. The average molecular weight is 405 g/mol. The van der Waals surface area contributed by atoms with Crippen LogP contribution in [0.3, 0.4) is 0 Å². The van der Waals surface area contributed by atoms with Gasteiger partial charge in [0.25, 0.3) is 5.69 Å². The standard InChI is InChI=1S/C23H23N3O4/c1-16(18-12-7-8-13-19(18)26(28)29)30-23(27)21-20-14-6-3-9-15-25(20)22(24-21)17-10-4-2-5-11-17/h2,4-5,7-8,10-13,16H,3,6,9,14-15H2,1H3/t16-/m1/s1. The van der Waals surface area contributed by atoms with Crippen LogP contribution in [0.2, 0.25) is 0 Å². The maximum atomic E-state index is 13.1.